The molecule has 1 fully saturated rings. The van der Waals surface area contributed by atoms with Crippen molar-refractivity contribution in [3.63, 3.8) is 0 Å². The molecule has 1 aliphatic rings. The van der Waals surface area contributed by atoms with Crippen molar-refractivity contribution in [2.45, 2.75) is 25.4 Å². The summed E-state index contributed by atoms with van der Waals surface area (Å²) < 4.78 is 5.58. The third kappa shape index (κ3) is 3.29. The average molecular weight is 378 g/mol. The van der Waals surface area contributed by atoms with Crippen LogP contribution in [0.5, 0.6) is 0 Å². The smallest absolute Gasteiger partial charge is 0.244 e. The van der Waals surface area contributed by atoms with Crippen LogP contribution in [0.15, 0.2) is 53.3 Å². The lowest BCUT2D eigenvalue weighted by atomic mass is 10.2. The van der Waals surface area contributed by atoms with Crippen molar-refractivity contribution in [1.82, 2.24) is 30.2 Å². The van der Waals surface area contributed by atoms with Crippen molar-refractivity contribution >= 4 is 11.3 Å². The maximum absolute atomic E-state index is 5.58. The van der Waals surface area contributed by atoms with E-state index in [0.717, 1.165) is 37.3 Å². The maximum Gasteiger partial charge on any atom is 0.244 e. The molecular formula is C19H18N6OS. The number of nitrogens with zero attached hydrogens (tertiary/aromatic N) is 5. The third-order valence-electron chi connectivity index (χ3n) is 4.77. The Morgan fingerprint density at radius 3 is 3.04 bits per heavy atom. The van der Waals surface area contributed by atoms with Gasteiger partial charge in [-0.15, -0.1) is 11.3 Å². The predicted octanol–water partition coefficient (Wildman–Crippen LogP) is 3.92. The summed E-state index contributed by atoms with van der Waals surface area (Å²) in [4.78, 5) is 13.8. The minimum absolute atomic E-state index is 0.160. The monoisotopic (exact) mass is 378 g/mol. The molecule has 0 aromatic carbocycles. The molecule has 4 aromatic rings. The molecule has 5 heterocycles. The predicted molar refractivity (Wildman–Crippen MR) is 102 cm³/mol. The largest absolute Gasteiger partial charge is 0.337 e. The summed E-state index contributed by atoms with van der Waals surface area (Å²) in [6.07, 6.45) is 5.68. The summed E-state index contributed by atoms with van der Waals surface area (Å²) in [5.41, 5.74) is 1.79. The topological polar surface area (TPSA) is 83.7 Å². The third-order valence-corrected chi connectivity index (χ3v) is 5.87. The van der Waals surface area contributed by atoms with Crippen LogP contribution >= 0.6 is 11.3 Å². The highest BCUT2D eigenvalue weighted by atomic mass is 32.1. The number of rotatable bonds is 5. The first-order valence-electron chi connectivity index (χ1n) is 8.94. The van der Waals surface area contributed by atoms with Gasteiger partial charge in [0.1, 0.15) is 5.69 Å². The number of likely N-dealkylation sites (tertiary alicyclic amines) is 1. The first kappa shape index (κ1) is 16.3. The van der Waals surface area contributed by atoms with Crippen LogP contribution in [0.1, 0.15) is 29.7 Å². The number of nitrogens with one attached hydrogen (secondary N) is 1. The van der Waals surface area contributed by atoms with E-state index in [0.29, 0.717) is 11.7 Å². The van der Waals surface area contributed by atoms with Crippen LogP contribution in [-0.2, 0) is 6.54 Å². The van der Waals surface area contributed by atoms with E-state index >= 15 is 0 Å². The van der Waals surface area contributed by atoms with Gasteiger partial charge in [-0.1, -0.05) is 11.2 Å². The van der Waals surface area contributed by atoms with E-state index in [9.17, 15) is 0 Å². The second-order valence-corrected chi connectivity index (χ2v) is 7.70. The van der Waals surface area contributed by atoms with Gasteiger partial charge in [-0.2, -0.15) is 10.1 Å². The van der Waals surface area contributed by atoms with Crippen LogP contribution < -0.4 is 0 Å². The van der Waals surface area contributed by atoms with Gasteiger partial charge in [0.05, 0.1) is 16.6 Å². The summed E-state index contributed by atoms with van der Waals surface area (Å²) in [6.45, 7) is 1.91. The second-order valence-electron chi connectivity index (χ2n) is 6.54. The molecule has 1 unspecified atom stereocenters. The normalized spacial score (nSPS) is 17.6. The summed E-state index contributed by atoms with van der Waals surface area (Å²) in [7, 11) is 0. The fraction of sp³-hybridized carbons (Fsp3) is 0.263. The Morgan fingerprint density at radius 2 is 2.19 bits per heavy atom. The number of H-pyrrole nitrogens is 1. The first-order chi connectivity index (χ1) is 13.4. The van der Waals surface area contributed by atoms with Crippen LogP contribution in [0, 0.1) is 0 Å². The summed E-state index contributed by atoms with van der Waals surface area (Å²) in [6, 6.07) is 12.2. The fourth-order valence-electron chi connectivity index (χ4n) is 3.47. The highest BCUT2D eigenvalue weighted by molar-refractivity contribution is 7.15. The Labute approximate surface area is 160 Å². The molecule has 136 valence electrons. The molecule has 5 rings (SSSR count). The van der Waals surface area contributed by atoms with E-state index in [4.69, 9.17) is 4.52 Å². The van der Waals surface area contributed by atoms with E-state index in [1.807, 2.05) is 24.3 Å². The highest BCUT2D eigenvalue weighted by Crippen LogP contribution is 2.35. The van der Waals surface area contributed by atoms with E-state index < -0.39 is 0 Å². The quantitative estimate of drug-likeness (QED) is 0.567. The van der Waals surface area contributed by atoms with Gasteiger partial charge in [0, 0.05) is 23.8 Å². The zero-order valence-corrected chi connectivity index (χ0v) is 15.4. The molecule has 0 spiro atoms. The van der Waals surface area contributed by atoms with Crippen LogP contribution in [0.3, 0.4) is 0 Å². The minimum Gasteiger partial charge on any atom is -0.337 e. The molecule has 8 heteroatoms. The molecule has 0 bridgehead atoms. The van der Waals surface area contributed by atoms with E-state index in [1.165, 1.54) is 9.75 Å². The molecule has 27 heavy (non-hydrogen) atoms. The number of aromatic amines is 1. The lowest BCUT2D eigenvalue weighted by Crippen LogP contribution is -2.22. The highest BCUT2D eigenvalue weighted by Gasteiger charge is 2.31. The second kappa shape index (κ2) is 7.05. The molecule has 1 saturated heterocycles. The Balaban J connectivity index is 1.33. The lowest BCUT2D eigenvalue weighted by molar-refractivity contribution is 0.202. The number of hydrogen-bond donors (Lipinski definition) is 1. The number of thiophene rings is 1. The zero-order chi connectivity index (χ0) is 18.1. The molecule has 7 nitrogen and oxygen atoms in total. The van der Waals surface area contributed by atoms with E-state index in [1.54, 1.807) is 23.7 Å². The van der Waals surface area contributed by atoms with Gasteiger partial charge >= 0.3 is 0 Å². The first-order valence-corrected chi connectivity index (χ1v) is 9.76. The molecule has 0 amide bonds. The Morgan fingerprint density at radius 1 is 1.19 bits per heavy atom. The number of aromatic nitrogens is 5. The molecule has 4 aromatic heterocycles. The van der Waals surface area contributed by atoms with E-state index in [2.05, 4.69) is 42.4 Å². The minimum atomic E-state index is 0.160. The SMILES string of the molecule is c1ccc(-c2noc(C3CCCN3Cc3ccc(-c4ccn[nH]4)s3)n2)nc1. The van der Waals surface area contributed by atoms with Crippen molar-refractivity contribution in [2.24, 2.45) is 0 Å². The van der Waals surface area contributed by atoms with Gasteiger partial charge < -0.3 is 4.52 Å². The van der Waals surface area contributed by atoms with Crippen molar-refractivity contribution in [3.05, 3.63) is 59.6 Å². The van der Waals surface area contributed by atoms with Gasteiger partial charge in [-0.3, -0.25) is 15.0 Å². The van der Waals surface area contributed by atoms with Gasteiger partial charge in [-0.25, -0.2) is 0 Å². The van der Waals surface area contributed by atoms with Crippen LogP contribution in [0.25, 0.3) is 22.1 Å². The van der Waals surface area contributed by atoms with Crippen molar-refractivity contribution in [3.8, 4) is 22.1 Å². The molecule has 1 N–H and O–H groups in total. The average Bonchev–Trinajstić information content (AvgIpc) is 3.48. The Kier molecular flexibility index (Phi) is 4.27. The summed E-state index contributed by atoms with van der Waals surface area (Å²) >= 11 is 1.79. The molecule has 1 atom stereocenters. The van der Waals surface area contributed by atoms with Crippen molar-refractivity contribution in [1.29, 1.82) is 0 Å². The summed E-state index contributed by atoms with van der Waals surface area (Å²) in [5, 5.41) is 11.2. The van der Waals surface area contributed by atoms with E-state index in [-0.39, 0.29) is 6.04 Å². The number of hydrogen-bond acceptors (Lipinski definition) is 7. The molecule has 0 aliphatic carbocycles. The Hall–Kier alpha value is -2.84. The summed E-state index contributed by atoms with van der Waals surface area (Å²) in [5.74, 6) is 1.23. The Bertz CT molecular complexity index is 1010. The molecule has 1 aliphatic heterocycles. The van der Waals surface area contributed by atoms with Crippen molar-refractivity contribution in [2.75, 3.05) is 6.54 Å². The van der Waals surface area contributed by atoms with Gasteiger partial charge in [0.2, 0.25) is 11.7 Å². The van der Waals surface area contributed by atoms with Crippen molar-refractivity contribution < 1.29 is 4.52 Å². The van der Waals surface area contributed by atoms with Gasteiger partial charge in [0.15, 0.2) is 0 Å². The van der Waals surface area contributed by atoms with Crippen LogP contribution in [0.4, 0.5) is 0 Å². The standard InChI is InChI=1S/C19H18N6OS/c1-2-9-20-15(4-1)18-22-19(26-24-18)16-5-3-11-25(16)12-13-6-7-17(27-13)14-8-10-21-23-14/h1-2,4,6-10,16H,3,5,11-12H2,(H,21,23). The van der Waals surface area contributed by atoms with Crippen LogP contribution in [-0.4, -0.2) is 36.8 Å². The lowest BCUT2D eigenvalue weighted by Gasteiger charge is -2.20. The molecular weight excluding hydrogens is 360 g/mol. The zero-order valence-electron chi connectivity index (χ0n) is 14.6. The number of pyridine rings is 1. The van der Waals surface area contributed by atoms with Crippen LogP contribution in [0.2, 0.25) is 0 Å². The molecule has 0 radical (unpaired) electrons. The molecule has 0 saturated carbocycles. The van der Waals surface area contributed by atoms with Gasteiger partial charge in [-0.05, 0) is 49.7 Å². The fourth-order valence-corrected chi connectivity index (χ4v) is 4.47. The van der Waals surface area contributed by atoms with Gasteiger partial charge in [0.25, 0.3) is 0 Å². The maximum atomic E-state index is 5.58.